The molecule has 19 heavy (non-hydrogen) atoms. The van der Waals surface area contributed by atoms with Gasteiger partial charge in [0.25, 0.3) is 5.91 Å². The average molecular weight is 260 g/mol. The summed E-state index contributed by atoms with van der Waals surface area (Å²) in [6.45, 7) is 5.53. The van der Waals surface area contributed by atoms with E-state index in [1.54, 1.807) is 0 Å². The van der Waals surface area contributed by atoms with Gasteiger partial charge >= 0.3 is 0 Å². The molecule has 4 nitrogen and oxygen atoms in total. The van der Waals surface area contributed by atoms with E-state index in [0.29, 0.717) is 31.8 Å². The molecule has 0 unspecified atom stereocenters. The number of carbonyl (C=O) groups is 1. The van der Waals surface area contributed by atoms with Crippen LogP contribution in [0.25, 0.3) is 0 Å². The van der Waals surface area contributed by atoms with Crippen LogP contribution in [0.2, 0.25) is 0 Å². The standard InChI is InChI=1S/C15H20N2O2/c1-11(2)12-3-5-13(6-4-12)15(18)17-9-7-14(16-19)8-10-17/h3-6,11,19H,7-10H2,1-2H3. The smallest absolute Gasteiger partial charge is 0.253 e. The van der Waals surface area contributed by atoms with Crippen molar-refractivity contribution >= 4 is 11.6 Å². The molecule has 1 aliphatic heterocycles. The second kappa shape index (κ2) is 5.87. The van der Waals surface area contributed by atoms with Crippen molar-refractivity contribution in [2.24, 2.45) is 5.16 Å². The molecule has 1 aromatic rings. The Morgan fingerprint density at radius 2 is 1.79 bits per heavy atom. The van der Waals surface area contributed by atoms with Gasteiger partial charge in [0.1, 0.15) is 0 Å². The lowest BCUT2D eigenvalue weighted by Gasteiger charge is -2.27. The lowest BCUT2D eigenvalue weighted by atomic mass is 10.0. The fraction of sp³-hybridized carbons (Fsp3) is 0.467. The average Bonchev–Trinajstić information content (AvgIpc) is 2.46. The van der Waals surface area contributed by atoms with Crippen LogP contribution >= 0.6 is 0 Å². The van der Waals surface area contributed by atoms with Crippen LogP contribution in [0.1, 0.15) is 48.5 Å². The molecular weight excluding hydrogens is 240 g/mol. The van der Waals surface area contributed by atoms with Gasteiger partial charge < -0.3 is 10.1 Å². The van der Waals surface area contributed by atoms with E-state index >= 15 is 0 Å². The van der Waals surface area contributed by atoms with Crippen molar-refractivity contribution < 1.29 is 10.0 Å². The van der Waals surface area contributed by atoms with Crippen LogP contribution in [-0.4, -0.2) is 34.8 Å². The maximum atomic E-state index is 12.3. The van der Waals surface area contributed by atoms with Crippen LogP contribution < -0.4 is 0 Å². The van der Waals surface area contributed by atoms with Crippen LogP contribution in [0.4, 0.5) is 0 Å². The normalized spacial score (nSPS) is 15.7. The molecule has 1 saturated heterocycles. The number of amides is 1. The molecule has 2 rings (SSSR count). The minimum atomic E-state index is 0.0623. The number of nitrogens with zero attached hydrogens (tertiary/aromatic N) is 2. The van der Waals surface area contributed by atoms with Crippen molar-refractivity contribution in [2.75, 3.05) is 13.1 Å². The molecule has 0 aliphatic carbocycles. The van der Waals surface area contributed by atoms with E-state index in [9.17, 15) is 4.79 Å². The van der Waals surface area contributed by atoms with E-state index in [-0.39, 0.29) is 5.91 Å². The van der Waals surface area contributed by atoms with E-state index in [1.165, 1.54) is 5.56 Å². The van der Waals surface area contributed by atoms with E-state index in [1.807, 2.05) is 29.2 Å². The second-order valence-electron chi connectivity index (χ2n) is 5.24. The Morgan fingerprint density at radius 1 is 1.21 bits per heavy atom. The van der Waals surface area contributed by atoms with E-state index < -0.39 is 0 Å². The number of hydrogen-bond acceptors (Lipinski definition) is 3. The lowest BCUT2D eigenvalue weighted by Crippen LogP contribution is -2.38. The Bertz CT molecular complexity index is 467. The van der Waals surface area contributed by atoms with Crippen molar-refractivity contribution in [1.29, 1.82) is 0 Å². The summed E-state index contributed by atoms with van der Waals surface area (Å²) in [7, 11) is 0. The molecule has 0 radical (unpaired) electrons. The summed E-state index contributed by atoms with van der Waals surface area (Å²) in [6.07, 6.45) is 1.32. The summed E-state index contributed by atoms with van der Waals surface area (Å²) >= 11 is 0. The van der Waals surface area contributed by atoms with E-state index in [0.717, 1.165) is 11.3 Å². The van der Waals surface area contributed by atoms with Gasteiger partial charge in [-0.15, -0.1) is 0 Å². The lowest BCUT2D eigenvalue weighted by molar-refractivity contribution is 0.0753. The van der Waals surface area contributed by atoms with Crippen molar-refractivity contribution in [3.63, 3.8) is 0 Å². The summed E-state index contributed by atoms with van der Waals surface area (Å²) in [5.41, 5.74) is 2.75. The molecule has 0 bridgehead atoms. The van der Waals surface area contributed by atoms with Gasteiger partial charge in [0, 0.05) is 31.5 Å². The molecule has 1 aliphatic rings. The number of benzene rings is 1. The number of rotatable bonds is 2. The first-order chi connectivity index (χ1) is 9.11. The first-order valence-corrected chi connectivity index (χ1v) is 6.71. The Hall–Kier alpha value is -1.84. The second-order valence-corrected chi connectivity index (χ2v) is 5.24. The quantitative estimate of drug-likeness (QED) is 0.656. The fourth-order valence-corrected chi connectivity index (χ4v) is 2.26. The monoisotopic (exact) mass is 260 g/mol. The molecule has 1 fully saturated rings. The van der Waals surface area contributed by atoms with Gasteiger partial charge in [-0.1, -0.05) is 31.1 Å². The SMILES string of the molecule is CC(C)c1ccc(C(=O)N2CCC(=NO)CC2)cc1. The van der Waals surface area contributed by atoms with Gasteiger partial charge in [-0.3, -0.25) is 4.79 Å². The Morgan fingerprint density at radius 3 is 2.26 bits per heavy atom. The van der Waals surface area contributed by atoms with Gasteiger partial charge in [0.05, 0.1) is 5.71 Å². The first kappa shape index (κ1) is 13.6. The molecule has 1 N–H and O–H groups in total. The third kappa shape index (κ3) is 3.13. The van der Waals surface area contributed by atoms with Crippen LogP contribution in [0.5, 0.6) is 0 Å². The molecular formula is C15H20N2O2. The van der Waals surface area contributed by atoms with Gasteiger partial charge in [0.2, 0.25) is 0 Å². The van der Waals surface area contributed by atoms with Gasteiger partial charge in [0.15, 0.2) is 0 Å². The number of oxime groups is 1. The molecule has 1 heterocycles. The Labute approximate surface area is 113 Å². The van der Waals surface area contributed by atoms with Crippen molar-refractivity contribution in [3.05, 3.63) is 35.4 Å². The minimum Gasteiger partial charge on any atom is -0.411 e. The highest BCUT2D eigenvalue weighted by Crippen LogP contribution is 2.17. The summed E-state index contributed by atoms with van der Waals surface area (Å²) in [4.78, 5) is 14.1. The zero-order chi connectivity index (χ0) is 13.8. The summed E-state index contributed by atoms with van der Waals surface area (Å²) < 4.78 is 0. The van der Waals surface area contributed by atoms with E-state index in [2.05, 4.69) is 19.0 Å². The first-order valence-electron chi connectivity index (χ1n) is 6.71. The molecule has 0 saturated carbocycles. The highest BCUT2D eigenvalue weighted by molar-refractivity contribution is 5.96. The van der Waals surface area contributed by atoms with Crippen LogP contribution in [-0.2, 0) is 0 Å². The molecule has 102 valence electrons. The highest BCUT2D eigenvalue weighted by Gasteiger charge is 2.21. The van der Waals surface area contributed by atoms with Crippen LogP contribution in [0.3, 0.4) is 0 Å². The highest BCUT2D eigenvalue weighted by atomic mass is 16.4. The Kier molecular flexibility index (Phi) is 4.20. The number of hydrogen-bond donors (Lipinski definition) is 1. The molecule has 0 atom stereocenters. The predicted octanol–water partition coefficient (Wildman–Crippen LogP) is 2.88. The fourth-order valence-electron chi connectivity index (χ4n) is 2.26. The Balaban J connectivity index is 2.04. The van der Waals surface area contributed by atoms with Gasteiger partial charge in [-0.25, -0.2) is 0 Å². The molecule has 0 aromatic heterocycles. The summed E-state index contributed by atoms with van der Waals surface area (Å²) in [6, 6.07) is 7.82. The number of carbonyl (C=O) groups excluding carboxylic acids is 1. The molecule has 4 heteroatoms. The van der Waals surface area contributed by atoms with Crippen molar-refractivity contribution in [3.8, 4) is 0 Å². The molecule has 1 aromatic carbocycles. The maximum Gasteiger partial charge on any atom is 0.253 e. The topological polar surface area (TPSA) is 52.9 Å². The van der Waals surface area contributed by atoms with Crippen LogP contribution in [0.15, 0.2) is 29.4 Å². The number of likely N-dealkylation sites (tertiary alicyclic amines) is 1. The zero-order valence-electron chi connectivity index (χ0n) is 11.5. The van der Waals surface area contributed by atoms with Crippen molar-refractivity contribution in [2.45, 2.75) is 32.6 Å². The third-order valence-electron chi connectivity index (χ3n) is 3.59. The predicted molar refractivity (Wildman–Crippen MR) is 74.9 cm³/mol. The van der Waals surface area contributed by atoms with Gasteiger partial charge in [-0.2, -0.15) is 0 Å². The molecule has 1 amide bonds. The minimum absolute atomic E-state index is 0.0623. The maximum absolute atomic E-state index is 12.3. The van der Waals surface area contributed by atoms with Gasteiger partial charge in [-0.05, 0) is 23.6 Å². The third-order valence-corrected chi connectivity index (χ3v) is 3.59. The summed E-state index contributed by atoms with van der Waals surface area (Å²) in [5.74, 6) is 0.537. The van der Waals surface area contributed by atoms with Crippen LogP contribution in [0, 0.1) is 0 Å². The van der Waals surface area contributed by atoms with E-state index in [4.69, 9.17) is 5.21 Å². The zero-order valence-corrected chi connectivity index (χ0v) is 11.5. The summed E-state index contributed by atoms with van der Waals surface area (Å²) in [5, 5.41) is 11.9. The molecule has 0 spiro atoms. The largest absolute Gasteiger partial charge is 0.411 e. The van der Waals surface area contributed by atoms with Crippen molar-refractivity contribution in [1.82, 2.24) is 4.90 Å². The number of piperidine rings is 1.